The van der Waals surface area contributed by atoms with E-state index in [2.05, 4.69) is 11.6 Å². The van der Waals surface area contributed by atoms with Crippen LogP contribution >= 0.6 is 11.8 Å². The third-order valence-electron chi connectivity index (χ3n) is 2.67. The summed E-state index contributed by atoms with van der Waals surface area (Å²) >= 11 is 1.87. The first-order valence-electron chi connectivity index (χ1n) is 5.67. The van der Waals surface area contributed by atoms with E-state index in [-0.39, 0.29) is 5.82 Å². The number of likely N-dealkylation sites (N-methyl/N-ethyl adjacent to an activating group) is 1. The number of nitrogens with one attached hydrogen (secondary N) is 1. The van der Waals surface area contributed by atoms with Crippen LogP contribution in [0.5, 0.6) is 0 Å². The molecule has 0 saturated heterocycles. The molecule has 0 aromatic heterocycles. The first-order chi connectivity index (χ1) is 7.77. The number of hydrogen-bond donors (Lipinski definition) is 1. The molecular formula is C13H20FNS. The van der Waals surface area contributed by atoms with Gasteiger partial charge in [0.25, 0.3) is 0 Å². The molecule has 3 heteroatoms. The smallest absolute Gasteiger partial charge is 0.123 e. The molecule has 1 aromatic carbocycles. The van der Waals surface area contributed by atoms with Gasteiger partial charge in [0.05, 0.1) is 0 Å². The number of thioether (sulfide) groups is 1. The van der Waals surface area contributed by atoms with E-state index in [9.17, 15) is 4.39 Å². The summed E-state index contributed by atoms with van der Waals surface area (Å²) in [6, 6.07) is 6.97. The summed E-state index contributed by atoms with van der Waals surface area (Å²) in [5.41, 5.74) is 1.11. The highest BCUT2D eigenvalue weighted by Crippen LogP contribution is 2.22. The largest absolute Gasteiger partial charge is 0.319 e. The Kier molecular flexibility index (Phi) is 6.50. The Morgan fingerprint density at radius 3 is 2.88 bits per heavy atom. The summed E-state index contributed by atoms with van der Waals surface area (Å²) in [6.07, 6.45) is 4.42. The molecule has 0 spiro atoms. The standard InChI is InChI=1S/C13H20FNS/c1-15-10-12(6-4-8-16-2)11-5-3-7-13(14)9-11/h3,5,7,9,12,15H,4,6,8,10H2,1-2H3. The van der Waals surface area contributed by atoms with E-state index in [1.54, 1.807) is 12.1 Å². The molecule has 1 atom stereocenters. The first kappa shape index (κ1) is 13.5. The number of rotatable bonds is 7. The zero-order chi connectivity index (χ0) is 11.8. The normalized spacial score (nSPS) is 12.7. The first-order valence-corrected chi connectivity index (χ1v) is 7.06. The van der Waals surface area contributed by atoms with Crippen molar-refractivity contribution >= 4 is 11.8 Å². The second kappa shape index (κ2) is 7.69. The van der Waals surface area contributed by atoms with E-state index >= 15 is 0 Å². The summed E-state index contributed by atoms with van der Waals surface area (Å²) in [4.78, 5) is 0. The van der Waals surface area contributed by atoms with Crippen molar-refractivity contribution in [3.63, 3.8) is 0 Å². The van der Waals surface area contributed by atoms with Crippen molar-refractivity contribution in [2.45, 2.75) is 18.8 Å². The third kappa shape index (κ3) is 4.54. The van der Waals surface area contributed by atoms with Crippen molar-refractivity contribution in [3.8, 4) is 0 Å². The lowest BCUT2D eigenvalue weighted by molar-refractivity contribution is 0.569. The van der Waals surface area contributed by atoms with Gasteiger partial charge in [0.15, 0.2) is 0 Å². The topological polar surface area (TPSA) is 12.0 Å². The number of halogens is 1. The summed E-state index contributed by atoms with van der Waals surface area (Å²) in [5, 5.41) is 3.18. The molecule has 1 aromatic rings. The van der Waals surface area contributed by atoms with E-state index in [1.807, 2.05) is 24.9 Å². The van der Waals surface area contributed by atoms with Gasteiger partial charge in [-0.1, -0.05) is 12.1 Å². The monoisotopic (exact) mass is 241 g/mol. The lowest BCUT2D eigenvalue weighted by atomic mass is 9.94. The molecule has 1 rings (SSSR count). The Morgan fingerprint density at radius 1 is 1.44 bits per heavy atom. The van der Waals surface area contributed by atoms with Crippen molar-refractivity contribution in [1.29, 1.82) is 0 Å². The molecule has 0 aliphatic heterocycles. The number of benzene rings is 1. The second-order valence-electron chi connectivity index (χ2n) is 3.94. The fraction of sp³-hybridized carbons (Fsp3) is 0.538. The van der Waals surface area contributed by atoms with Crippen molar-refractivity contribution in [1.82, 2.24) is 5.32 Å². The highest BCUT2D eigenvalue weighted by molar-refractivity contribution is 7.98. The van der Waals surface area contributed by atoms with Gasteiger partial charge < -0.3 is 5.32 Å². The van der Waals surface area contributed by atoms with Crippen LogP contribution in [0.15, 0.2) is 24.3 Å². The Morgan fingerprint density at radius 2 is 2.25 bits per heavy atom. The molecule has 0 bridgehead atoms. The molecule has 0 fully saturated rings. The molecule has 0 radical (unpaired) electrons. The fourth-order valence-corrected chi connectivity index (χ4v) is 2.32. The fourth-order valence-electron chi connectivity index (χ4n) is 1.87. The van der Waals surface area contributed by atoms with Gasteiger partial charge in [0.2, 0.25) is 0 Å². The molecule has 1 N–H and O–H groups in total. The van der Waals surface area contributed by atoms with Crippen LogP contribution in [0.25, 0.3) is 0 Å². The lowest BCUT2D eigenvalue weighted by Crippen LogP contribution is -2.17. The van der Waals surface area contributed by atoms with E-state index < -0.39 is 0 Å². The summed E-state index contributed by atoms with van der Waals surface area (Å²) in [6.45, 7) is 0.915. The van der Waals surface area contributed by atoms with Crippen LogP contribution in [-0.2, 0) is 0 Å². The van der Waals surface area contributed by atoms with Crippen molar-refractivity contribution in [3.05, 3.63) is 35.6 Å². The quantitative estimate of drug-likeness (QED) is 0.735. The van der Waals surface area contributed by atoms with Crippen LogP contribution in [0.1, 0.15) is 24.3 Å². The van der Waals surface area contributed by atoms with Gasteiger partial charge in [0.1, 0.15) is 5.82 Å². The van der Waals surface area contributed by atoms with Gasteiger partial charge >= 0.3 is 0 Å². The SMILES string of the molecule is CNCC(CCCSC)c1cccc(F)c1. The maximum Gasteiger partial charge on any atom is 0.123 e. The van der Waals surface area contributed by atoms with Crippen LogP contribution in [0.4, 0.5) is 4.39 Å². The second-order valence-corrected chi connectivity index (χ2v) is 4.93. The van der Waals surface area contributed by atoms with E-state index in [4.69, 9.17) is 0 Å². The predicted molar refractivity (Wildman–Crippen MR) is 70.7 cm³/mol. The molecule has 90 valence electrons. The molecule has 0 aliphatic rings. The van der Waals surface area contributed by atoms with Gasteiger partial charge in [-0.05, 0) is 55.5 Å². The Labute approximate surface area is 102 Å². The van der Waals surface area contributed by atoms with Gasteiger partial charge in [0, 0.05) is 6.54 Å². The van der Waals surface area contributed by atoms with E-state index in [1.165, 1.54) is 18.2 Å². The van der Waals surface area contributed by atoms with E-state index in [0.29, 0.717) is 5.92 Å². The van der Waals surface area contributed by atoms with Gasteiger partial charge in [-0.25, -0.2) is 4.39 Å². The van der Waals surface area contributed by atoms with Crippen LogP contribution in [0, 0.1) is 5.82 Å². The third-order valence-corrected chi connectivity index (χ3v) is 3.37. The van der Waals surface area contributed by atoms with Crippen LogP contribution in [-0.4, -0.2) is 25.6 Å². The van der Waals surface area contributed by atoms with Gasteiger partial charge in [-0.3, -0.25) is 0 Å². The minimum atomic E-state index is -0.136. The van der Waals surface area contributed by atoms with Gasteiger partial charge in [-0.15, -0.1) is 0 Å². The summed E-state index contributed by atoms with van der Waals surface area (Å²) in [5.74, 6) is 1.46. The zero-order valence-electron chi connectivity index (χ0n) is 10.0. The summed E-state index contributed by atoms with van der Waals surface area (Å²) < 4.78 is 13.1. The maximum absolute atomic E-state index is 13.1. The molecule has 1 unspecified atom stereocenters. The zero-order valence-corrected chi connectivity index (χ0v) is 10.8. The summed E-state index contributed by atoms with van der Waals surface area (Å²) in [7, 11) is 1.95. The molecule has 16 heavy (non-hydrogen) atoms. The van der Waals surface area contributed by atoms with Crippen molar-refractivity contribution < 1.29 is 4.39 Å². The minimum Gasteiger partial charge on any atom is -0.319 e. The molecule has 0 amide bonds. The molecule has 1 nitrogen and oxygen atoms in total. The number of hydrogen-bond acceptors (Lipinski definition) is 2. The highest BCUT2D eigenvalue weighted by atomic mass is 32.2. The average Bonchev–Trinajstić information content (AvgIpc) is 2.28. The van der Waals surface area contributed by atoms with E-state index in [0.717, 1.165) is 18.5 Å². The average molecular weight is 241 g/mol. The Bertz CT molecular complexity index is 304. The predicted octanol–water partition coefficient (Wildman–Crippen LogP) is 3.27. The Hall–Kier alpha value is -0.540. The minimum absolute atomic E-state index is 0.136. The molecule has 0 saturated carbocycles. The van der Waals surface area contributed by atoms with Crippen LogP contribution < -0.4 is 5.32 Å². The van der Waals surface area contributed by atoms with Crippen LogP contribution in [0.3, 0.4) is 0 Å². The molecule has 0 heterocycles. The van der Waals surface area contributed by atoms with Crippen LogP contribution in [0.2, 0.25) is 0 Å². The lowest BCUT2D eigenvalue weighted by Gasteiger charge is -2.16. The Balaban J connectivity index is 2.61. The molecular weight excluding hydrogens is 221 g/mol. The maximum atomic E-state index is 13.1. The van der Waals surface area contributed by atoms with Crippen molar-refractivity contribution in [2.24, 2.45) is 0 Å². The molecule has 0 aliphatic carbocycles. The van der Waals surface area contributed by atoms with Crippen molar-refractivity contribution in [2.75, 3.05) is 25.6 Å². The van der Waals surface area contributed by atoms with Gasteiger partial charge in [-0.2, -0.15) is 11.8 Å². The highest BCUT2D eigenvalue weighted by Gasteiger charge is 2.10.